The summed E-state index contributed by atoms with van der Waals surface area (Å²) in [6.45, 7) is 1.41. The fourth-order valence-corrected chi connectivity index (χ4v) is 2.96. The van der Waals surface area contributed by atoms with Crippen molar-refractivity contribution >= 4 is 23.4 Å². The molecular formula is C19H15F4N5O3. The molecule has 2 heterocycles. The number of amides is 3. The number of alkyl halides is 3. The number of carbonyl (C=O) groups excluding carboxylic acids is 2. The maximum Gasteiger partial charge on any atom is 0.573 e. The summed E-state index contributed by atoms with van der Waals surface area (Å²) in [6, 6.07) is 4.19. The van der Waals surface area contributed by atoms with Gasteiger partial charge in [-0.3, -0.25) is 9.69 Å². The summed E-state index contributed by atoms with van der Waals surface area (Å²) in [5.41, 5.74) is 1.11. The lowest BCUT2D eigenvalue weighted by atomic mass is 10.0. The fourth-order valence-electron chi connectivity index (χ4n) is 2.96. The monoisotopic (exact) mass is 437 g/mol. The van der Waals surface area contributed by atoms with Crippen LogP contribution in [0.15, 0.2) is 30.5 Å². The minimum Gasteiger partial charge on any atom is -0.403 e. The molecule has 3 rings (SSSR count). The molecule has 0 saturated carbocycles. The molecule has 1 aliphatic heterocycles. The number of nitriles is 1. The third-order valence-electron chi connectivity index (χ3n) is 4.26. The van der Waals surface area contributed by atoms with E-state index in [-0.39, 0.29) is 24.3 Å². The van der Waals surface area contributed by atoms with Gasteiger partial charge in [0.25, 0.3) is 0 Å². The average Bonchev–Trinajstić information content (AvgIpc) is 2.67. The normalized spacial score (nSPS) is 14.2. The topological polar surface area (TPSA) is 107 Å². The van der Waals surface area contributed by atoms with Crippen molar-refractivity contribution in [3.8, 4) is 11.8 Å². The molecule has 0 fully saturated rings. The molecule has 8 nitrogen and oxygen atoms in total. The highest BCUT2D eigenvalue weighted by Crippen LogP contribution is 2.30. The molecule has 0 spiro atoms. The molecule has 2 aromatic rings. The van der Waals surface area contributed by atoms with Gasteiger partial charge in [0, 0.05) is 6.20 Å². The van der Waals surface area contributed by atoms with Crippen LogP contribution >= 0.6 is 0 Å². The molecule has 2 N–H and O–H groups in total. The van der Waals surface area contributed by atoms with E-state index in [0.717, 1.165) is 28.7 Å². The summed E-state index contributed by atoms with van der Waals surface area (Å²) in [5, 5.41) is 14.2. The molecule has 1 aromatic carbocycles. The highest BCUT2D eigenvalue weighted by molar-refractivity contribution is 6.08. The largest absolute Gasteiger partial charge is 0.573 e. The van der Waals surface area contributed by atoms with Gasteiger partial charge >= 0.3 is 12.4 Å². The molecule has 1 unspecified atom stereocenters. The lowest BCUT2D eigenvalue weighted by Gasteiger charge is -2.29. The van der Waals surface area contributed by atoms with Crippen molar-refractivity contribution < 1.29 is 31.9 Å². The van der Waals surface area contributed by atoms with E-state index in [0.29, 0.717) is 5.69 Å². The minimum absolute atomic E-state index is 0.0421. The predicted molar refractivity (Wildman–Crippen MR) is 99.5 cm³/mol. The molecule has 0 radical (unpaired) electrons. The van der Waals surface area contributed by atoms with Crippen LogP contribution in [0.1, 0.15) is 23.6 Å². The first kappa shape index (κ1) is 21.8. The standard InChI is InChI=1S/C19H15F4N5O3/c1-10-6-14-17(25-8-10)28(9-16(29)26-14)18(30)27-13(4-5-24)11-2-3-15(12(20)7-11)31-19(21,22)23/h2-3,6-8,13H,4,9H2,1H3,(H,26,29)(H,27,30). The number of benzene rings is 1. The lowest BCUT2D eigenvalue weighted by molar-refractivity contribution is -0.275. The smallest absolute Gasteiger partial charge is 0.403 e. The Balaban J connectivity index is 1.84. The SMILES string of the molecule is Cc1cnc2c(c1)NC(=O)CN2C(=O)NC(CC#N)c1ccc(OC(F)(F)F)c(F)c1. The summed E-state index contributed by atoms with van der Waals surface area (Å²) >= 11 is 0. The number of urea groups is 1. The second kappa shape index (κ2) is 8.47. The number of carbonyl (C=O) groups is 2. The molecule has 12 heteroatoms. The van der Waals surface area contributed by atoms with Gasteiger partial charge in [-0.2, -0.15) is 5.26 Å². The van der Waals surface area contributed by atoms with Crippen molar-refractivity contribution in [2.45, 2.75) is 25.7 Å². The van der Waals surface area contributed by atoms with Gasteiger partial charge in [0.15, 0.2) is 17.4 Å². The van der Waals surface area contributed by atoms with Crippen LogP contribution in [-0.4, -0.2) is 29.8 Å². The molecule has 162 valence electrons. The maximum absolute atomic E-state index is 14.1. The summed E-state index contributed by atoms with van der Waals surface area (Å²) in [7, 11) is 0. The van der Waals surface area contributed by atoms with Crippen molar-refractivity contribution in [1.29, 1.82) is 5.26 Å². The second-order valence-electron chi connectivity index (χ2n) is 6.62. The molecule has 1 atom stereocenters. The van der Waals surface area contributed by atoms with Crippen LogP contribution in [0.2, 0.25) is 0 Å². The number of pyridine rings is 1. The van der Waals surface area contributed by atoms with E-state index in [1.807, 2.05) is 6.07 Å². The highest BCUT2D eigenvalue weighted by atomic mass is 19.4. The van der Waals surface area contributed by atoms with Crippen molar-refractivity contribution in [2.75, 3.05) is 16.8 Å². The summed E-state index contributed by atoms with van der Waals surface area (Å²) < 4.78 is 54.6. The first-order chi connectivity index (χ1) is 14.6. The van der Waals surface area contributed by atoms with Crippen LogP contribution in [0.4, 0.5) is 33.9 Å². The van der Waals surface area contributed by atoms with Crippen LogP contribution in [0, 0.1) is 24.1 Å². The zero-order valence-electron chi connectivity index (χ0n) is 16.0. The summed E-state index contributed by atoms with van der Waals surface area (Å²) in [5.74, 6) is -2.64. The zero-order chi connectivity index (χ0) is 22.8. The van der Waals surface area contributed by atoms with E-state index in [1.165, 1.54) is 6.20 Å². The molecule has 0 saturated heterocycles. The number of aromatic nitrogens is 1. The number of ether oxygens (including phenoxy) is 1. The number of rotatable bonds is 4. The Morgan fingerprint density at radius 2 is 2.16 bits per heavy atom. The van der Waals surface area contributed by atoms with Gasteiger partial charge in [-0.15, -0.1) is 13.2 Å². The van der Waals surface area contributed by atoms with Gasteiger partial charge in [-0.25, -0.2) is 14.2 Å². The van der Waals surface area contributed by atoms with E-state index in [2.05, 4.69) is 20.4 Å². The third kappa shape index (κ3) is 5.19. The average molecular weight is 437 g/mol. The van der Waals surface area contributed by atoms with Gasteiger partial charge in [-0.1, -0.05) is 6.07 Å². The van der Waals surface area contributed by atoms with E-state index >= 15 is 0 Å². The van der Waals surface area contributed by atoms with Crippen LogP contribution in [0.25, 0.3) is 0 Å². The van der Waals surface area contributed by atoms with Gasteiger partial charge in [0.05, 0.1) is 24.2 Å². The van der Waals surface area contributed by atoms with Gasteiger partial charge in [0.2, 0.25) is 5.91 Å². The molecule has 31 heavy (non-hydrogen) atoms. The molecule has 3 amide bonds. The summed E-state index contributed by atoms with van der Waals surface area (Å²) in [4.78, 5) is 30.0. The van der Waals surface area contributed by atoms with Gasteiger partial charge in [0.1, 0.15) is 6.54 Å². The zero-order valence-corrected chi connectivity index (χ0v) is 16.0. The highest BCUT2D eigenvalue weighted by Gasteiger charge is 2.33. The van der Waals surface area contributed by atoms with E-state index < -0.39 is 35.9 Å². The summed E-state index contributed by atoms with van der Waals surface area (Å²) in [6.07, 6.45) is -3.88. The van der Waals surface area contributed by atoms with Crippen molar-refractivity contribution in [3.63, 3.8) is 0 Å². The Morgan fingerprint density at radius 3 is 2.81 bits per heavy atom. The maximum atomic E-state index is 14.1. The van der Waals surface area contributed by atoms with Gasteiger partial charge < -0.3 is 15.4 Å². The Labute approximate surface area is 173 Å². The van der Waals surface area contributed by atoms with E-state index in [4.69, 9.17) is 5.26 Å². The Hall–Kier alpha value is -3.88. The minimum atomic E-state index is -5.07. The fraction of sp³-hybridized carbons (Fsp3) is 0.263. The van der Waals surface area contributed by atoms with Crippen molar-refractivity contribution in [3.05, 3.63) is 47.4 Å². The first-order valence-corrected chi connectivity index (χ1v) is 8.84. The molecule has 1 aromatic heterocycles. The second-order valence-corrected chi connectivity index (χ2v) is 6.62. The van der Waals surface area contributed by atoms with Gasteiger partial charge in [-0.05, 0) is 36.2 Å². The number of hydrogen-bond donors (Lipinski definition) is 2. The molecule has 0 bridgehead atoms. The van der Waals surface area contributed by atoms with Crippen LogP contribution in [0.5, 0.6) is 5.75 Å². The number of fused-ring (bicyclic) bond motifs is 1. The molecule has 1 aliphatic rings. The van der Waals surface area contributed by atoms with E-state index in [9.17, 15) is 27.2 Å². The van der Waals surface area contributed by atoms with Crippen LogP contribution < -0.4 is 20.3 Å². The van der Waals surface area contributed by atoms with Crippen molar-refractivity contribution in [2.24, 2.45) is 0 Å². The number of hydrogen-bond acceptors (Lipinski definition) is 5. The molecular weight excluding hydrogens is 422 g/mol. The number of nitrogens with zero attached hydrogens (tertiary/aromatic N) is 3. The molecule has 0 aliphatic carbocycles. The third-order valence-corrected chi connectivity index (χ3v) is 4.26. The Morgan fingerprint density at radius 1 is 1.42 bits per heavy atom. The quantitative estimate of drug-likeness (QED) is 0.712. The van der Waals surface area contributed by atoms with Crippen LogP contribution in [-0.2, 0) is 4.79 Å². The predicted octanol–water partition coefficient (Wildman–Crippen LogP) is 3.55. The Kier molecular flexibility index (Phi) is 5.96. The van der Waals surface area contributed by atoms with Crippen molar-refractivity contribution in [1.82, 2.24) is 10.3 Å². The number of aryl methyl sites for hydroxylation is 1. The lowest BCUT2D eigenvalue weighted by Crippen LogP contribution is -2.48. The number of nitrogens with one attached hydrogen (secondary N) is 2. The Bertz CT molecular complexity index is 1070. The number of anilines is 2. The first-order valence-electron chi connectivity index (χ1n) is 8.84. The van der Waals surface area contributed by atoms with Crippen LogP contribution in [0.3, 0.4) is 0 Å². The number of halogens is 4. The van der Waals surface area contributed by atoms with E-state index in [1.54, 1.807) is 13.0 Å².